The number of carbonyl (C=O) groups is 2. The first-order valence-electron chi connectivity index (χ1n) is 7.44. The molecule has 0 aliphatic carbocycles. The average molecular weight is 346 g/mol. The molecule has 1 aliphatic rings. The predicted molar refractivity (Wildman–Crippen MR) is 91.7 cm³/mol. The third-order valence-electron chi connectivity index (χ3n) is 3.83. The summed E-state index contributed by atoms with van der Waals surface area (Å²) in [5.41, 5.74) is 0. The molecule has 2 amide bonds. The number of piperidine rings is 1. The van der Waals surface area contributed by atoms with Gasteiger partial charge in [-0.2, -0.15) is 0 Å². The Labute approximate surface area is 141 Å². The number of rotatable bonds is 6. The lowest BCUT2D eigenvalue weighted by molar-refractivity contribution is -0.132. The summed E-state index contributed by atoms with van der Waals surface area (Å²) < 4.78 is 0. The van der Waals surface area contributed by atoms with Gasteiger partial charge in [-0.25, -0.2) is 0 Å². The van der Waals surface area contributed by atoms with Crippen molar-refractivity contribution < 1.29 is 9.59 Å². The van der Waals surface area contributed by atoms with Crippen molar-refractivity contribution in [3.05, 3.63) is 22.4 Å². The van der Waals surface area contributed by atoms with E-state index in [1.165, 1.54) is 11.3 Å². The highest BCUT2D eigenvalue weighted by Crippen LogP contribution is 2.16. The molecule has 0 radical (unpaired) electrons. The Balaban J connectivity index is 0.00000242. The van der Waals surface area contributed by atoms with Gasteiger partial charge in [-0.15, -0.1) is 23.7 Å². The number of hydrogen-bond donors (Lipinski definition) is 2. The molecular formula is C15H24ClN3O2S. The molecule has 1 aliphatic heterocycles. The molecule has 0 unspecified atom stereocenters. The summed E-state index contributed by atoms with van der Waals surface area (Å²) in [4.78, 5) is 26.4. The first-order chi connectivity index (χ1) is 10.2. The van der Waals surface area contributed by atoms with Gasteiger partial charge in [0.15, 0.2) is 0 Å². The summed E-state index contributed by atoms with van der Waals surface area (Å²) >= 11 is 1.41. The smallest absolute Gasteiger partial charge is 0.261 e. The molecule has 1 saturated heterocycles. The highest BCUT2D eigenvalue weighted by atomic mass is 35.5. The summed E-state index contributed by atoms with van der Waals surface area (Å²) in [5, 5.41) is 7.86. The molecule has 2 N–H and O–H groups in total. The molecule has 124 valence electrons. The molecule has 2 rings (SSSR count). The zero-order valence-corrected chi connectivity index (χ0v) is 14.5. The van der Waals surface area contributed by atoms with Gasteiger partial charge in [0.1, 0.15) is 0 Å². The van der Waals surface area contributed by atoms with E-state index < -0.39 is 0 Å². The van der Waals surface area contributed by atoms with Gasteiger partial charge in [-0.1, -0.05) is 6.07 Å². The minimum Gasteiger partial charge on any atom is -0.351 e. The zero-order chi connectivity index (χ0) is 15.1. The van der Waals surface area contributed by atoms with Gasteiger partial charge >= 0.3 is 0 Å². The van der Waals surface area contributed by atoms with Crippen molar-refractivity contribution in [2.45, 2.75) is 19.3 Å². The summed E-state index contributed by atoms with van der Waals surface area (Å²) in [6.07, 6.45) is 2.51. The maximum absolute atomic E-state index is 12.1. The molecule has 1 aromatic rings. The van der Waals surface area contributed by atoms with E-state index in [2.05, 4.69) is 10.6 Å². The molecular weight excluding hydrogens is 322 g/mol. The van der Waals surface area contributed by atoms with Crippen LogP contribution in [0.2, 0.25) is 0 Å². The van der Waals surface area contributed by atoms with Gasteiger partial charge in [0.25, 0.3) is 5.91 Å². The van der Waals surface area contributed by atoms with Crippen molar-refractivity contribution in [2.75, 3.05) is 33.2 Å². The molecule has 1 fully saturated rings. The van der Waals surface area contributed by atoms with Crippen LogP contribution in [0.25, 0.3) is 0 Å². The standard InChI is InChI=1S/C15H23N3O2S.ClH/c1-16-11-12-5-8-18(9-6-12)14(19)4-7-17-15(20)13-3-2-10-21-13;/h2-3,10,12,16H,4-9,11H2,1H3,(H,17,20);1H. The molecule has 0 spiro atoms. The Morgan fingerprint density at radius 2 is 2.09 bits per heavy atom. The lowest BCUT2D eigenvalue weighted by atomic mass is 9.96. The predicted octanol–water partition coefficient (Wildman–Crippen LogP) is 1.75. The fourth-order valence-electron chi connectivity index (χ4n) is 2.61. The van der Waals surface area contributed by atoms with E-state index in [1.807, 2.05) is 23.4 Å². The number of hydrogen-bond acceptors (Lipinski definition) is 4. The molecule has 7 heteroatoms. The minimum atomic E-state index is -0.0921. The van der Waals surface area contributed by atoms with E-state index in [-0.39, 0.29) is 24.2 Å². The van der Waals surface area contributed by atoms with Crippen LogP contribution in [-0.4, -0.2) is 49.9 Å². The molecule has 5 nitrogen and oxygen atoms in total. The maximum Gasteiger partial charge on any atom is 0.261 e. The quantitative estimate of drug-likeness (QED) is 0.825. The van der Waals surface area contributed by atoms with Gasteiger partial charge in [0.05, 0.1) is 4.88 Å². The third kappa shape index (κ3) is 5.59. The third-order valence-corrected chi connectivity index (χ3v) is 4.70. The van der Waals surface area contributed by atoms with E-state index >= 15 is 0 Å². The highest BCUT2D eigenvalue weighted by Gasteiger charge is 2.22. The summed E-state index contributed by atoms with van der Waals surface area (Å²) in [7, 11) is 1.97. The summed E-state index contributed by atoms with van der Waals surface area (Å²) in [5.74, 6) is 0.729. The van der Waals surface area contributed by atoms with Crippen molar-refractivity contribution in [2.24, 2.45) is 5.92 Å². The number of halogens is 1. The van der Waals surface area contributed by atoms with E-state index in [9.17, 15) is 9.59 Å². The van der Waals surface area contributed by atoms with E-state index in [0.29, 0.717) is 23.8 Å². The fraction of sp³-hybridized carbons (Fsp3) is 0.600. The van der Waals surface area contributed by atoms with Crippen LogP contribution in [0.3, 0.4) is 0 Å². The van der Waals surface area contributed by atoms with Gasteiger partial charge < -0.3 is 15.5 Å². The zero-order valence-electron chi connectivity index (χ0n) is 12.8. The SMILES string of the molecule is CNCC1CCN(C(=O)CCNC(=O)c2cccs2)CC1.Cl. The Hall–Kier alpha value is -1.11. The second-order valence-electron chi connectivity index (χ2n) is 5.37. The second-order valence-corrected chi connectivity index (χ2v) is 6.31. The topological polar surface area (TPSA) is 61.4 Å². The Kier molecular flexibility index (Phi) is 8.45. The summed E-state index contributed by atoms with van der Waals surface area (Å²) in [6, 6.07) is 3.63. The summed E-state index contributed by atoms with van der Waals surface area (Å²) in [6.45, 7) is 3.11. The fourth-order valence-corrected chi connectivity index (χ4v) is 3.25. The molecule has 22 heavy (non-hydrogen) atoms. The number of nitrogens with zero attached hydrogens (tertiary/aromatic N) is 1. The number of likely N-dealkylation sites (tertiary alicyclic amines) is 1. The van der Waals surface area contributed by atoms with Crippen molar-refractivity contribution in [3.8, 4) is 0 Å². The van der Waals surface area contributed by atoms with Crippen LogP contribution < -0.4 is 10.6 Å². The van der Waals surface area contributed by atoms with Crippen molar-refractivity contribution in [1.29, 1.82) is 0 Å². The van der Waals surface area contributed by atoms with E-state index in [4.69, 9.17) is 0 Å². The van der Waals surface area contributed by atoms with Crippen molar-refractivity contribution in [3.63, 3.8) is 0 Å². The van der Waals surface area contributed by atoms with Crippen LogP contribution in [0.15, 0.2) is 17.5 Å². The van der Waals surface area contributed by atoms with Gasteiger partial charge in [-0.05, 0) is 43.8 Å². The second kappa shape index (κ2) is 9.82. The Bertz CT molecular complexity index is 459. The van der Waals surface area contributed by atoms with Crippen LogP contribution in [0, 0.1) is 5.92 Å². The van der Waals surface area contributed by atoms with Crippen LogP contribution in [0.4, 0.5) is 0 Å². The molecule has 0 bridgehead atoms. The lowest BCUT2D eigenvalue weighted by Crippen LogP contribution is -2.41. The molecule has 0 aromatic carbocycles. The van der Waals surface area contributed by atoms with Crippen molar-refractivity contribution in [1.82, 2.24) is 15.5 Å². The first kappa shape index (κ1) is 18.9. The maximum atomic E-state index is 12.1. The Morgan fingerprint density at radius 1 is 1.36 bits per heavy atom. The minimum absolute atomic E-state index is 0. The van der Waals surface area contributed by atoms with E-state index in [1.54, 1.807) is 6.07 Å². The Morgan fingerprint density at radius 3 is 2.68 bits per heavy atom. The largest absolute Gasteiger partial charge is 0.351 e. The van der Waals surface area contributed by atoms with Crippen LogP contribution >= 0.6 is 23.7 Å². The average Bonchev–Trinajstić information content (AvgIpc) is 3.02. The van der Waals surface area contributed by atoms with Crippen LogP contribution in [0.1, 0.15) is 28.9 Å². The number of amides is 2. The monoisotopic (exact) mass is 345 g/mol. The van der Waals surface area contributed by atoms with Gasteiger partial charge in [-0.3, -0.25) is 9.59 Å². The lowest BCUT2D eigenvalue weighted by Gasteiger charge is -2.32. The van der Waals surface area contributed by atoms with Gasteiger partial charge in [0.2, 0.25) is 5.91 Å². The first-order valence-corrected chi connectivity index (χ1v) is 8.32. The number of carbonyl (C=O) groups excluding carboxylic acids is 2. The number of thiophene rings is 1. The molecule has 0 atom stereocenters. The van der Waals surface area contributed by atoms with Crippen LogP contribution in [0.5, 0.6) is 0 Å². The van der Waals surface area contributed by atoms with Crippen LogP contribution in [-0.2, 0) is 4.79 Å². The van der Waals surface area contributed by atoms with Gasteiger partial charge in [0, 0.05) is 26.1 Å². The molecule has 2 heterocycles. The number of nitrogens with one attached hydrogen (secondary N) is 2. The van der Waals surface area contributed by atoms with E-state index in [0.717, 1.165) is 32.5 Å². The van der Waals surface area contributed by atoms with Crippen molar-refractivity contribution >= 4 is 35.6 Å². The molecule has 0 saturated carbocycles. The highest BCUT2D eigenvalue weighted by molar-refractivity contribution is 7.12. The normalized spacial score (nSPS) is 15.2. The molecule has 1 aromatic heterocycles.